The second-order valence-corrected chi connectivity index (χ2v) is 4.62. The molecular formula is C9H9Br2NO2. The maximum Gasteiger partial charge on any atom is 0.143 e. The van der Waals surface area contributed by atoms with Gasteiger partial charge in [0, 0.05) is 0 Å². The van der Waals surface area contributed by atoms with Gasteiger partial charge in [-0.1, -0.05) is 0 Å². The fourth-order valence-electron chi connectivity index (χ4n) is 1.06. The number of phenolic OH excluding ortho intramolecular Hbond substituents is 1. The maximum atomic E-state index is 10.3. The van der Waals surface area contributed by atoms with Crippen molar-refractivity contribution in [2.75, 3.05) is 0 Å². The minimum Gasteiger partial charge on any atom is -0.506 e. The molecule has 0 aliphatic rings. The van der Waals surface area contributed by atoms with Crippen molar-refractivity contribution in [2.45, 2.75) is 12.5 Å². The normalized spacial score (nSPS) is 12.5. The molecule has 0 spiro atoms. The van der Waals surface area contributed by atoms with Crippen LogP contribution < -0.4 is 5.73 Å². The molecule has 3 N–H and O–H groups in total. The minimum absolute atomic E-state index is 0.147. The number of carbonyl (C=O) groups excluding carboxylic acids is 1. The first-order valence-corrected chi connectivity index (χ1v) is 5.51. The summed E-state index contributed by atoms with van der Waals surface area (Å²) < 4.78 is 1.17. The van der Waals surface area contributed by atoms with Gasteiger partial charge in [0.05, 0.1) is 15.0 Å². The molecule has 0 unspecified atom stereocenters. The third-order valence-corrected chi connectivity index (χ3v) is 2.93. The lowest BCUT2D eigenvalue weighted by molar-refractivity contribution is -0.108. The molecule has 0 aliphatic carbocycles. The minimum atomic E-state index is -0.502. The van der Waals surface area contributed by atoms with Gasteiger partial charge in [-0.3, -0.25) is 0 Å². The zero-order valence-corrected chi connectivity index (χ0v) is 10.4. The van der Waals surface area contributed by atoms with Gasteiger partial charge in [0.25, 0.3) is 0 Å². The molecule has 0 radical (unpaired) electrons. The van der Waals surface area contributed by atoms with E-state index in [0.29, 0.717) is 21.7 Å². The molecule has 1 aromatic carbocycles. The van der Waals surface area contributed by atoms with Crippen LogP contribution >= 0.6 is 31.9 Å². The van der Waals surface area contributed by atoms with Gasteiger partial charge in [-0.05, 0) is 56.0 Å². The average molecular weight is 323 g/mol. The zero-order valence-electron chi connectivity index (χ0n) is 7.21. The van der Waals surface area contributed by atoms with Crippen LogP contribution in [0.4, 0.5) is 0 Å². The fourth-order valence-corrected chi connectivity index (χ4v) is 2.34. The second kappa shape index (κ2) is 4.91. The summed E-state index contributed by atoms with van der Waals surface area (Å²) in [6.07, 6.45) is 1.16. The highest BCUT2D eigenvalue weighted by Crippen LogP contribution is 2.33. The monoisotopic (exact) mass is 321 g/mol. The molecule has 0 saturated heterocycles. The second-order valence-electron chi connectivity index (χ2n) is 2.91. The standard InChI is InChI=1S/C9H9Br2NO2/c10-7-2-5(1-6(12)4-13)3-8(11)9(7)14/h2-4,6,14H,1,12H2/t6-/m0/s1. The number of nitrogens with two attached hydrogens (primary N) is 1. The van der Waals surface area contributed by atoms with E-state index in [1.54, 1.807) is 12.1 Å². The molecule has 0 aromatic heterocycles. The topological polar surface area (TPSA) is 63.3 Å². The quantitative estimate of drug-likeness (QED) is 0.836. The highest BCUT2D eigenvalue weighted by atomic mass is 79.9. The Labute approximate surface area is 98.6 Å². The van der Waals surface area contributed by atoms with Crippen LogP contribution in [0.25, 0.3) is 0 Å². The van der Waals surface area contributed by atoms with Gasteiger partial charge < -0.3 is 15.6 Å². The highest BCUT2D eigenvalue weighted by Gasteiger charge is 2.08. The molecule has 1 rings (SSSR count). The molecule has 0 amide bonds. The number of hydrogen-bond donors (Lipinski definition) is 2. The Bertz CT molecular complexity index is 332. The largest absolute Gasteiger partial charge is 0.506 e. The number of halogens is 2. The third-order valence-electron chi connectivity index (χ3n) is 1.72. The summed E-state index contributed by atoms with van der Waals surface area (Å²) in [6, 6.07) is 2.98. The Hall–Kier alpha value is -0.390. The van der Waals surface area contributed by atoms with Crippen molar-refractivity contribution >= 4 is 38.1 Å². The Morgan fingerprint density at radius 2 is 1.93 bits per heavy atom. The van der Waals surface area contributed by atoms with Crippen LogP contribution in [-0.2, 0) is 11.2 Å². The maximum absolute atomic E-state index is 10.3. The summed E-state index contributed by atoms with van der Waals surface area (Å²) in [7, 11) is 0. The lowest BCUT2D eigenvalue weighted by atomic mass is 10.1. The number of aldehydes is 1. The van der Waals surface area contributed by atoms with Gasteiger partial charge in [-0.2, -0.15) is 0 Å². The lowest BCUT2D eigenvalue weighted by Gasteiger charge is -2.07. The first-order valence-electron chi connectivity index (χ1n) is 3.92. The molecular weight excluding hydrogens is 314 g/mol. The van der Waals surface area contributed by atoms with Crippen LogP contribution in [0.2, 0.25) is 0 Å². The molecule has 0 heterocycles. The van der Waals surface area contributed by atoms with E-state index in [4.69, 9.17) is 5.73 Å². The molecule has 5 heteroatoms. The van der Waals surface area contributed by atoms with Gasteiger partial charge in [0.2, 0.25) is 0 Å². The predicted octanol–water partition coefficient (Wildman–Crippen LogP) is 1.99. The van der Waals surface area contributed by atoms with Crippen LogP contribution in [0.3, 0.4) is 0 Å². The Morgan fingerprint density at radius 3 is 2.36 bits per heavy atom. The van der Waals surface area contributed by atoms with Gasteiger partial charge in [-0.15, -0.1) is 0 Å². The van der Waals surface area contributed by atoms with Gasteiger partial charge in [0.1, 0.15) is 12.0 Å². The van der Waals surface area contributed by atoms with E-state index in [9.17, 15) is 9.90 Å². The summed E-state index contributed by atoms with van der Waals surface area (Å²) in [5.74, 6) is 0.147. The first-order chi connectivity index (χ1) is 6.54. The lowest BCUT2D eigenvalue weighted by Crippen LogP contribution is -2.24. The van der Waals surface area contributed by atoms with E-state index in [2.05, 4.69) is 31.9 Å². The van der Waals surface area contributed by atoms with Crippen LogP contribution in [0.5, 0.6) is 5.75 Å². The average Bonchev–Trinajstić information content (AvgIpc) is 2.14. The number of benzene rings is 1. The number of rotatable bonds is 3. The SMILES string of the molecule is N[C@H](C=O)Cc1cc(Br)c(O)c(Br)c1. The van der Waals surface area contributed by atoms with Crippen LogP contribution in [0.1, 0.15) is 5.56 Å². The van der Waals surface area contributed by atoms with Crippen LogP contribution in [0.15, 0.2) is 21.1 Å². The van der Waals surface area contributed by atoms with E-state index in [0.717, 1.165) is 5.56 Å². The number of carbonyl (C=O) groups is 1. The Kier molecular flexibility index (Phi) is 4.10. The molecule has 1 aromatic rings. The van der Waals surface area contributed by atoms with Gasteiger partial charge in [0.15, 0.2) is 0 Å². The molecule has 76 valence electrons. The van der Waals surface area contributed by atoms with E-state index < -0.39 is 6.04 Å². The van der Waals surface area contributed by atoms with Crippen molar-refractivity contribution in [1.29, 1.82) is 0 Å². The summed E-state index contributed by atoms with van der Waals surface area (Å²) in [4.78, 5) is 10.3. The van der Waals surface area contributed by atoms with Crippen molar-refractivity contribution < 1.29 is 9.90 Å². The summed E-state index contributed by atoms with van der Waals surface area (Å²) in [5.41, 5.74) is 6.37. The highest BCUT2D eigenvalue weighted by molar-refractivity contribution is 9.11. The van der Waals surface area contributed by atoms with Gasteiger partial charge >= 0.3 is 0 Å². The van der Waals surface area contributed by atoms with E-state index in [1.165, 1.54) is 0 Å². The molecule has 14 heavy (non-hydrogen) atoms. The summed E-state index contributed by atoms with van der Waals surface area (Å²) in [6.45, 7) is 0. The molecule has 0 aliphatic heterocycles. The molecule has 3 nitrogen and oxygen atoms in total. The predicted molar refractivity (Wildman–Crippen MR) is 61.3 cm³/mol. The van der Waals surface area contributed by atoms with Crippen molar-refractivity contribution in [1.82, 2.24) is 0 Å². The molecule has 1 atom stereocenters. The van der Waals surface area contributed by atoms with E-state index in [-0.39, 0.29) is 5.75 Å². The number of aromatic hydroxyl groups is 1. The third kappa shape index (κ3) is 2.80. The fraction of sp³-hybridized carbons (Fsp3) is 0.222. The van der Waals surface area contributed by atoms with E-state index >= 15 is 0 Å². The van der Waals surface area contributed by atoms with Gasteiger partial charge in [-0.25, -0.2) is 0 Å². The Morgan fingerprint density at radius 1 is 1.43 bits per heavy atom. The summed E-state index contributed by atoms with van der Waals surface area (Å²) in [5, 5.41) is 9.43. The van der Waals surface area contributed by atoms with Crippen LogP contribution in [-0.4, -0.2) is 17.4 Å². The van der Waals surface area contributed by atoms with Crippen LogP contribution in [0, 0.1) is 0 Å². The first kappa shape index (κ1) is 11.7. The van der Waals surface area contributed by atoms with E-state index in [1.807, 2.05) is 0 Å². The van der Waals surface area contributed by atoms with Crippen molar-refractivity contribution in [2.24, 2.45) is 5.73 Å². The zero-order chi connectivity index (χ0) is 10.7. The summed E-state index contributed by atoms with van der Waals surface area (Å²) >= 11 is 6.40. The van der Waals surface area contributed by atoms with Crippen molar-refractivity contribution in [3.05, 3.63) is 26.6 Å². The molecule has 0 saturated carbocycles. The van der Waals surface area contributed by atoms with Crippen molar-refractivity contribution in [3.63, 3.8) is 0 Å². The number of phenols is 1. The molecule has 0 bridgehead atoms. The smallest absolute Gasteiger partial charge is 0.143 e. The number of hydrogen-bond acceptors (Lipinski definition) is 3. The van der Waals surface area contributed by atoms with Crippen molar-refractivity contribution in [3.8, 4) is 5.75 Å². The Balaban J connectivity index is 2.95. The molecule has 0 fully saturated rings.